The molecule has 2 aromatic heterocycles. The van der Waals surface area contributed by atoms with Crippen LogP contribution in [0.4, 0.5) is 13.2 Å². The highest BCUT2D eigenvalue weighted by atomic mass is 19.4. The third kappa shape index (κ3) is 4.66. The number of amides is 1. The number of para-hydroxylation sites is 1. The van der Waals surface area contributed by atoms with Crippen molar-refractivity contribution in [3.63, 3.8) is 0 Å². The molecule has 4 aromatic rings. The number of benzene rings is 2. The van der Waals surface area contributed by atoms with Crippen molar-refractivity contribution in [2.45, 2.75) is 19.6 Å². The fourth-order valence-corrected chi connectivity index (χ4v) is 3.22. The zero-order valence-electron chi connectivity index (χ0n) is 17.2. The van der Waals surface area contributed by atoms with E-state index in [4.69, 9.17) is 0 Å². The molecule has 4 rings (SSSR count). The molecule has 0 fully saturated rings. The monoisotopic (exact) mass is 454 g/mol. The largest absolute Gasteiger partial charge is 0.418 e. The zero-order chi connectivity index (χ0) is 23.6. The van der Waals surface area contributed by atoms with Crippen LogP contribution in [0, 0.1) is 6.92 Å². The second-order valence-corrected chi connectivity index (χ2v) is 7.11. The Hall–Kier alpha value is -4.28. The summed E-state index contributed by atoms with van der Waals surface area (Å²) in [5, 5.41) is 10.6. The molecule has 11 heteroatoms. The van der Waals surface area contributed by atoms with Gasteiger partial charge in [0.25, 0.3) is 5.91 Å². The summed E-state index contributed by atoms with van der Waals surface area (Å²) in [4.78, 5) is 28.9. The quantitative estimate of drug-likeness (QED) is 0.500. The molecule has 0 saturated carbocycles. The molecule has 2 heterocycles. The van der Waals surface area contributed by atoms with Crippen LogP contribution >= 0.6 is 0 Å². The number of rotatable bonds is 5. The van der Waals surface area contributed by atoms with E-state index in [1.807, 2.05) is 0 Å². The number of aromatic nitrogens is 5. The van der Waals surface area contributed by atoms with Crippen LogP contribution in [0.25, 0.3) is 11.4 Å². The third-order valence-electron chi connectivity index (χ3n) is 4.83. The summed E-state index contributed by atoms with van der Waals surface area (Å²) >= 11 is 0. The Bertz CT molecular complexity index is 1350. The SMILES string of the molecule is Cc1cc(=O)c(C(=O)NCc2ccc(-n3cncn3)cc2)nn1-c1ccccc1C(F)(F)F. The standard InChI is InChI=1S/C22H17F3N6O2/c1-14-10-19(32)20(29-31(14)18-5-3-2-4-17(18)22(23,24)25)21(33)27-11-15-6-8-16(9-7-15)30-13-26-12-28-30/h2-10,12-13H,11H2,1H3,(H,27,33). The van der Waals surface area contributed by atoms with Crippen molar-refractivity contribution in [3.8, 4) is 11.4 Å². The van der Waals surface area contributed by atoms with Gasteiger partial charge in [-0.2, -0.15) is 23.4 Å². The molecule has 1 amide bonds. The average molecular weight is 454 g/mol. The summed E-state index contributed by atoms with van der Waals surface area (Å²) in [7, 11) is 0. The summed E-state index contributed by atoms with van der Waals surface area (Å²) < 4.78 is 42.8. The Morgan fingerprint density at radius 1 is 1.09 bits per heavy atom. The maximum absolute atomic E-state index is 13.4. The summed E-state index contributed by atoms with van der Waals surface area (Å²) in [6.07, 6.45) is -1.68. The molecule has 168 valence electrons. The van der Waals surface area contributed by atoms with E-state index in [0.717, 1.165) is 28.1 Å². The van der Waals surface area contributed by atoms with Crippen molar-refractivity contribution in [1.82, 2.24) is 29.9 Å². The van der Waals surface area contributed by atoms with Crippen LogP contribution in [0.1, 0.15) is 27.3 Å². The van der Waals surface area contributed by atoms with E-state index in [0.29, 0.717) is 0 Å². The molecule has 0 aliphatic carbocycles. The minimum atomic E-state index is -4.63. The Morgan fingerprint density at radius 3 is 2.48 bits per heavy atom. The van der Waals surface area contributed by atoms with Gasteiger partial charge in [-0.1, -0.05) is 24.3 Å². The smallest absolute Gasteiger partial charge is 0.346 e. The number of carbonyl (C=O) groups excluding carboxylic acids is 1. The molecule has 0 bridgehead atoms. The van der Waals surface area contributed by atoms with Gasteiger partial charge in [-0.05, 0) is 36.8 Å². The first-order valence-corrected chi connectivity index (χ1v) is 9.74. The molecule has 1 N–H and O–H groups in total. The first-order valence-electron chi connectivity index (χ1n) is 9.74. The Labute approximate surface area is 185 Å². The summed E-state index contributed by atoms with van der Waals surface area (Å²) in [6, 6.07) is 13.0. The first kappa shape index (κ1) is 21.9. The van der Waals surface area contributed by atoms with Crippen LogP contribution < -0.4 is 10.7 Å². The molecule has 0 unspecified atom stereocenters. The molecular formula is C22H17F3N6O2. The van der Waals surface area contributed by atoms with Gasteiger partial charge in [-0.15, -0.1) is 0 Å². The van der Waals surface area contributed by atoms with Gasteiger partial charge in [0.2, 0.25) is 5.43 Å². The average Bonchev–Trinajstić information content (AvgIpc) is 3.32. The maximum Gasteiger partial charge on any atom is 0.418 e. The molecule has 0 radical (unpaired) electrons. The van der Waals surface area contributed by atoms with E-state index >= 15 is 0 Å². The number of hydrogen-bond donors (Lipinski definition) is 1. The molecule has 2 aromatic carbocycles. The highest BCUT2D eigenvalue weighted by Crippen LogP contribution is 2.33. The van der Waals surface area contributed by atoms with Gasteiger partial charge in [0.1, 0.15) is 12.7 Å². The van der Waals surface area contributed by atoms with Crippen LogP contribution in [-0.4, -0.2) is 30.5 Å². The molecule has 8 nitrogen and oxygen atoms in total. The van der Waals surface area contributed by atoms with Crippen molar-refractivity contribution < 1.29 is 18.0 Å². The van der Waals surface area contributed by atoms with Crippen LogP contribution in [-0.2, 0) is 12.7 Å². The van der Waals surface area contributed by atoms with Crippen molar-refractivity contribution in [2.24, 2.45) is 0 Å². The van der Waals surface area contributed by atoms with Crippen LogP contribution in [0.2, 0.25) is 0 Å². The van der Waals surface area contributed by atoms with Gasteiger partial charge in [0.15, 0.2) is 5.69 Å². The van der Waals surface area contributed by atoms with Crippen molar-refractivity contribution in [1.29, 1.82) is 0 Å². The van der Waals surface area contributed by atoms with E-state index in [2.05, 4.69) is 20.5 Å². The van der Waals surface area contributed by atoms with Crippen molar-refractivity contribution in [3.05, 3.63) is 100.0 Å². The number of halogens is 3. The minimum Gasteiger partial charge on any atom is -0.346 e. The summed E-state index contributed by atoms with van der Waals surface area (Å²) in [6.45, 7) is 1.53. The van der Waals surface area contributed by atoms with Crippen molar-refractivity contribution >= 4 is 5.91 Å². The number of alkyl halides is 3. The van der Waals surface area contributed by atoms with Gasteiger partial charge in [-0.3, -0.25) is 9.59 Å². The zero-order valence-corrected chi connectivity index (χ0v) is 17.2. The first-order chi connectivity index (χ1) is 15.7. The Kier molecular flexibility index (Phi) is 5.78. The lowest BCUT2D eigenvalue weighted by Crippen LogP contribution is -2.32. The van der Waals surface area contributed by atoms with Crippen LogP contribution in [0.5, 0.6) is 0 Å². The highest BCUT2D eigenvalue weighted by molar-refractivity contribution is 5.92. The van der Waals surface area contributed by atoms with Gasteiger partial charge < -0.3 is 5.32 Å². The number of nitrogens with one attached hydrogen (secondary N) is 1. The molecule has 0 spiro atoms. The fourth-order valence-electron chi connectivity index (χ4n) is 3.22. The van der Waals surface area contributed by atoms with Gasteiger partial charge in [0, 0.05) is 18.3 Å². The number of aryl methyl sites for hydroxylation is 1. The van der Waals surface area contributed by atoms with E-state index in [1.165, 1.54) is 31.5 Å². The number of carbonyl (C=O) groups is 1. The minimum absolute atomic E-state index is 0.0879. The lowest BCUT2D eigenvalue weighted by Gasteiger charge is -2.16. The van der Waals surface area contributed by atoms with Crippen LogP contribution in [0.3, 0.4) is 0 Å². The number of nitrogens with zero attached hydrogens (tertiary/aromatic N) is 5. The van der Waals surface area contributed by atoms with Crippen LogP contribution in [0.15, 0.2) is 72.0 Å². The van der Waals surface area contributed by atoms with E-state index < -0.39 is 28.8 Å². The molecule has 0 aliphatic heterocycles. The fraction of sp³-hybridized carbons (Fsp3) is 0.136. The van der Waals surface area contributed by atoms with E-state index in [-0.39, 0.29) is 17.9 Å². The normalized spacial score (nSPS) is 11.4. The second kappa shape index (κ2) is 8.69. The Morgan fingerprint density at radius 2 is 1.82 bits per heavy atom. The van der Waals surface area contributed by atoms with E-state index in [9.17, 15) is 22.8 Å². The lowest BCUT2D eigenvalue weighted by atomic mass is 10.1. The van der Waals surface area contributed by atoms with E-state index in [1.54, 1.807) is 35.3 Å². The molecule has 33 heavy (non-hydrogen) atoms. The van der Waals surface area contributed by atoms with Gasteiger partial charge in [-0.25, -0.2) is 14.3 Å². The predicted octanol–water partition coefficient (Wildman–Crippen LogP) is 3.07. The topological polar surface area (TPSA) is 94.7 Å². The molecule has 0 saturated heterocycles. The molecule has 0 aliphatic rings. The second-order valence-electron chi connectivity index (χ2n) is 7.11. The van der Waals surface area contributed by atoms with Gasteiger partial charge >= 0.3 is 6.18 Å². The maximum atomic E-state index is 13.4. The third-order valence-corrected chi connectivity index (χ3v) is 4.83. The highest BCUT2D eigenvalue weighted by Gasteiger charge is 2.34. The van der Waals surface area contributed by atoms with Gasteiger partial charge in [0.05, 0.1) is 16.9 Å². The lowest BCUT2D eigenvalue weighted by molar-refractivity contribution is -0.137. The summed E-state index contributed by atoms with van der Waals surface area (Å²) in [5.74, 6) is -0.793. The summed E-state index contributed by atoms with van der Waals surface area (Å²) in [5.41, 5.74) is -0.722. The van der Waals surface area contributed by atoms with Crippen molar-refractivity contribution in [2.75, 3.05) is 0 Å². The molecular weight excluding hydrogens is 437 g/mol. The predicted molar refractivity (Wildman–Crippen MR) is 112 cm³/mol. The molecule has 0 atom stereocenters. The Balaban J connectivity index is 1.57. The number of hydrogen-bond acceptors (Lipinski definition) is 5.